The minimum Gasteiger partial charge on any atom is -0.481 e. The van der Waals surface area contributed by atoms with Gasteiger partial charge in [0.05, 0.1) is 5.56 Å². The topological polar surface area (TPSA) is 74.6 Å². The Labute approximate surface area is 183 Å². The molecule has 2 N–H and O–H groups in total. The molecule has 0 amide bonds. The Bertz CT molecular complexity index is 974. The molecule has 1 saturated carbocycles. The van der Waals surface area contributed by atoms with E-state index in [1.165, 1.54) is 0 Å². The van der Waals surface area contributed by atoms with E-state index in [9.17, 15) is 33.0 Å². The number of hydrogen-bond acceptors (Lipinski definition) is 2. The van der Waals surface area contributed by atoms with E-state index >= 15 is 0 Å². The van der Waals surface area contributed by atoms with Crippen LogP contribution in [0.3, 0.4) is 0 Å². The van der Waals surface area contributed by atoms with Gasteiger partial charge in [-0.3, -0.25) is 4.79 Å². The summed E-state index contributed by atoms with van der Waals surface area (Å²) in [5.41, 5.74) is -2.18. The van der Waals surface area contributed by atoms with Gasteiger partial charge in [-0.05, 0) is 61.9 Å². The maximum Gasteiger partial charge on any atom is 0.416 e. The van der Waals surface area contributed by atoms with Gasteiger partial charge in [-0.1, -0.05) is 42.5 Å². The molecule has 0 spiro atoms. The molecule has 0 radical (unpaired) electrons. The summed E-state index contributed by atoms with van der Waals surface area (Å²) in [7, 11) is 0. The lowest BCUT2D eigenvalue weighted by atomic mass is 9.55. The van der Waals surface area contributed by atoms with Crippen LogP contribution < -0.4 is 0 Å². The van der Waals surface area contributed by atoms with Crippen LogP contribution in [-0.2, 0) is 15.8 Å². The maximum atomic E-state index is 13.5. The third kappa shape index (κ3) is 4.00. The van der Waals surface area contributed by atoms with Crippen molar-refractivity contribution in [3.63, 3.8) is 0 Å². The number of carboxylic acids is 2. The van der Waals surface area contributed by atoms with Crippen LogP contribution >= 0.6 is 11.6 Å². The van der Waals surface area contributed by atoms with E-state index in [0.717, 1.165) is 37.5 Å². The third-order valence-corrected chi connectivity index (χ3v) is 7.08. The zero-order chi connectivity index (χ0) is 23.1. The van der Waals surface area contributed by atoms with Gasteiger partial charge < -0.3 is 10.2 Å². The fraction of sp³-hybridized carbons (Fsp3) is 0.478. The number of alkyl halides is 3. The molecule has 1 aromatic carbocycles. The number of aliphatic carboxylic acids is 2. The number of halogens is 4. The molecule has 4 nitrogen and oxygen atoms in total. The number of rotatable bonds is 4. The zero-order valence-electron chi connectivity index (χ0n) is 17.2. The fourth-order valence-electron chi connectivity index (χ4n) is 5.15. The fourth-order valence-corrected chi connectivity index (χ4v) is 5.38. The Hall–Kier alpha value is -2.28. The number of hydrogen-bond donors (Lipinski definition) is 2. The van der Waals surface area contributed by atoms with Crippen molar-refractivity contribution >= 4 is 23.5 Å². The van der Waals surface area contributed by atoms with Crippen LogP contribution in [0.5, 0.6) is 0 Å². The van der Waals surface area contributed by atoms with Gasteiger partial charge >= 0.3 is 18.1 Å². The molecule has 31 heavy (non-hydrogen) atoms. The first-order valence-electron chi connectivity index (χ1n) is 10.1. The second-order valence-corrected chi connectivity index (χ2v) is 8.82. The second-order valence-electron chi connectivity index (χ2n) is 8.41. The summed E-state index contributed by atoms with van der Waals surface area (Å²) in [5.74, 6) is -4.37. The molecule has 8 heteroatoms. The van der Waals surface area contributed by atoms with E-state index in [0.29, 0.717) is 24.0 Å². The molecule has 1 fully saturated rings. The van der Waals surface area contributed by atoms with Crippen molar-refractivity contribution in [3.05, 3.63) is 57.1 Å². The monoisotopic (exact) mass is 456 g/mol. The SMILES string of the molecule is CC1=CC(C(=O)O)(C2CCCCC2)C(c2cc(C(F)(F)F)ccc2Cl)C(C(=O)O)=C1C. The number of carboxylic acid groups (broad SMARTS) is 2. The average Bonchev–Trinajstić information content (AvgIpc) is 2.69. The molecule has 0 aromatic heterocycles. The van der Waals surface area contributed by atoms with Crippen LogP contribution in [0.4, 0.5) is 13.2 Å². The number of benzene rings is 1. The van der Waals surface area contributed by atoms with Gasteiger partial charge in [0.15, 0.2) is 0 Å². The summed E-state index contributed by atoms with van der Waals surface area (Å²) in [6.07, 6.45) is 0.461. The van der Waals surface area contributed by atoms with Gasteiger partial charge in [-0.25, -0.2) is 4.79 Å². The highest BCUT2D eigenvalue weighted by Crippen LogP contribution is 2.57. The Morgan fingerprint density at radius 1 is 1.10 bits per heavy atom. The smallest absolute Gasteiger partial charge is 0.416 e. The van der Waals surface area contributed by atoms with Crippen molar-refractivity contribution in [1.29, 1.82) is 0 Å². The normalized spacial score (nSPS) is 25.4. The maximum absolute atomic E-state index is 13.5. The minimum absolute atomic E-state index is 0.0843. The molecule has 168 valence electrons. The highest BCUT2D eigenvalue weighted by Gasteiger charge is 2.56. The zero-order valence-corrected chi connectivity index (χ0v) is 18.0. The highest BCUT2D eigenvalue weighted by molar-refractivity contribution is 6.31. The van der Waals surface area contributed by atoms with Crippen LogP contribution in [0.25, 0.3) is 0 Å². The number of carbonyl (C=O) groups is 2. The number of allylic oxidation sites excluding steroid dienone is 2. The van der Waals surface area contributed by atoms with Gasteiger partial charge in [-0.2, -0.15) is 13.2 Å². The summed E-state index contributed by atoms with van der Waals surface area (Å²) in [4.78, 5) is 25.2. The van der Waals surface area contributed by atoms with Crippen LogP contribution in [0.1, 0.15) is 63.0 Å². The van der Waals surface area contributed by atoms with E-state index < -0.39 is 40.9 Å². The summed E-state index contributed by atoms with van der Waals surface area (Å²) < 4.78 is 40.4. The van der Waals surface area contributed by atoms with Gasteiger partial charge in [0.1, 0.15) is 5.41 Å². The molecule has 3 rings (SSSR count). The van der Waals surface area contributed by atoms with Gasteiger partial charge in [0.25, 0.3) is 0 Å². The van der Waals surface area contributed by atoms with Crippen molar-refractivity contribution in [2.75, 3.05) is 0 Å². The van der Waals surface area contributed by atoms with Crippen LogP contribution in [0.2, 0.25) is 5.02 Å². The molecule has 2 aliphatic carbocycles. The van der Waals surface area contributed by atoms with E-state index in [4.69, 9.17) is 11.6 Å². The van der Waals surface area contributed by atoms with Crippen LogP contribution in [0, 0.1) is 11.3 Å². The summed E-state index contributed by atoms with van der Waals surface area (Å²) in [6.45, 7) is 3.19. The van der Waals surface area contributed by atoms with E-state index in [1.807, 2.05) is 0 Å². The Morgan fingerprint density at radius 2 is 1.71 bits per heavy atom. The minimum atomic E-state index is -4.68. The first-order valence-corrected chi connectivity index (χ1v) is 10.5. The quantitative estimate of drug-likeness (QED) is 0.545. The first kappa shape index (κ1) is 23.4. The Kier molecular flexibility index (Phi) is 6.29. The van der Waals surface area contributed by atoms with Crippen LogP contribution in [0.15, 0.2) is 41.0 Å². The van der Waals surface area contributed by atoms with E-state index in [1.54, 1.807) is 19.9 Å². The molecule has 2 aliphatic rings. The van der Waals surface area contributed by atoms with Crippen molar-refractivity contribution in [2.45, 2.75) is 58.0 Å². The average molecular weight is 457 g/mol. The largest absolute Gasteiger partial charge is 0.481 e. The van der Waals surface area contributed by atoms with Gasteiger partial charge in [0, 0.05) is 16.5 Å². The van der Waals surface area contributed by atoms with Crippen molar-refractivity contribution in [1.82, 2.24) is 0 Å². The van der Waals surface area contributed by atoms with Crippen molar-refractivity contribution in [2.24, 2.45) is 11.3 Å². The Morgan fingerprint density at radius 3 is 2.23 bits per heavy atom. The van der Waals surface area contributed by atoms with Crippen molar-refractivity contribution in [3.8, 4) is 0 Å². The molecular formula is C23H24ClF3O4. The predicted octanol–water partition coefficient (Wildman–Crippen LogP) is 6.45. The Balaban J connectivity index is 2.38. The molecule has 0 saturated heterocycles. The molecule has 2 unspecified atom stereocenters. The third-order valence-electron chi connectivity index (χ3n) is 6.73. The lowest BCUT2D eigenvalue weighted by molar-refractivity contribution is -0.151. The van der Waals surface area contributed by atoms with Crippen LogP contribution in [-0.4, -0.2) is 22.2 Å². The predicted molar refractivity (Wildman–Crippen MR) is 110 cm³/mol. The van der Waals surface area contributed by atoms with Gasteiger partial charge in [-0.15, -0.1) is 0 Å². The van der Waals surface area contributed by atoms with Gasteiger partial charge in [0.2, 0.25) is 0 Å². The highest BCUT2D eigenvalue weighted by atomic mass is 35.5. The summed E-state index contributed by atoms with van der Waals surface area (Å²) in [5, 5.41) is 20.4. The molecule has 0 heterocycles. The molecular weight excluding hydrogens is 433 g/mol. The summed E-state index contributed by atoms with van der Waals surface area (Å²) >= 11 is 6.31. The standard InChI is InChI=1S/C23H24ClF3O4/c1-12-11-22(21(30)31,14-6-4-3-5-7-14)19(18(13(12)2)20(28)29)16-10-15(23(25,26)27)8-9-17(16)24/h8-11,14,19H,3-7H2,1-2H3,(H,28,29)(H,30,31). The van der Waals surface area contributed by atoms with E-state index in [-0.39, 0.29) is 16.2 Å². The molecule has 2 atom stereocenters. The molecule has 0 aliphatic heterocycles. The first-order chi connectivity index (χ1) is 14.4. The lowest BCUT2D eigenvalue weighted by Crippen LogP contribution is -2.47. The summed E-state index contributed by atoms with van der Waals surface area (Å²) in [6, 6.07) is 2.68. The molecule has 1 aromatic rings. The lowest BCUT2D eigenvalue weighted by Gasteiger charge is -2.46. The second kappa shape index (κ2) is 8.34. The van der Waals surface area contributed by atoms with E-state index in [2.05, 4.69) is 0 Å². The molecule has 0 bridgehead atoms. The van der Waals surface area contributed by atoms with Crippen molar-refractivity contribution < 1.29 is 33.0 Å².